The summed E-state index contributed by atoms with van der Waals surface area (Å²) in [6, 6.07) is 6.80. The van der Waals surface area contributed by atoms with E-state index < -0.39 is 11.9 Å². The molecule has 0 bridgehead atoms. The second-order valence-electron chi connectivity index (χ2n) is 7.52. The van der Waals surface area contributed by atoms with Gasteiger partial charge in [-0.05, 0) is 62.3 Å². The molecule has 0 radical (unpaired) electrons. The van der Waals surface area contributed by atoms with E-state index in [1.165, 1.54) is 44.5 Å². The van der Waals surface area contributed by atoms with Crippen LogP contribution in [0.1, 0.15) is 29.6 Å². The van der Waals surface area contributed by atoms with E-state index >= 15 is 0 Å². The standard InChI is InChI=1S/C24H29N3O5/c1-31-23(29)20-8-4-7-16-27(21(20)24(30)32-2)19-11-9-18(10-12-19)22(28)25-13-17-26-14-5-3-6-15-26/h4,7-12,16H,3,5-6,13-15,17H2,1-2H3,(H,25,28). The van der Waals surface area contributed by atoms with Crippen LogP contribution < -0.4 is 10.2 Å². The Morgan fingerprint density at radius 1 is 0.938 bits per heavy atom. The van der Waals surface area contributed by atoms with E-state index in [2.05, 4.69) is 10.2 Å². The summed E-state index contributed by atoms with van der Waals surface area (Å²) in [4.78, 5) is 41.1. The zero-order valence-electron chi connectivity index (χ0n) is 18.5. The van der Waals surface area contributed by atoms with Gasteiger partial charge in [0.15, 0.2) is 0 Å². The van der Waals surface area contributed by atoms with Crippen LogP contribution in [-0.2, 0) is 19.1 Å². The summed E-state index contributed by atoms with van der Waals surface area (Å²) in [5.41, 5.74) is 1.21. The molecule has 32 heavy (non-hydrogen) atoms. The van der Waals surface area contributed by atoms with E-state index in [0.29, 0.717) is 17.8 Å². The van der Waals surface area contributed by atoms with Crippen molar-refractivity contribution in [2.24, 2.45) is 0 Å². The van der Waals surface area contributed by atoms with Gasteiger partial charge >= 0.3 is 11.9 Å². The Labute approximate surface area is 188 Å². The first-order chi connectivity index (χ1) is 15.5. The molecule has 0 unspecified atom stereocenters. The van der Waals surface area contributed by atoms with Crippen LogP contribution in [0, 0.1) is 0 Å². The number of hydrogen-bond donors (Lipinski definition) is 1. The Kier molecular flexibility index (Phi) is 8.21. The van der Waals surface area contributed by atoms with E-state index in [0.717, 1.165) is 19.6 Å². The first-order valence-corrected chi connectivity index (χ1v) is 10.7. The average molecular weight is 440 g/mol. The van der Waals surface area contributed by atoms with Crippen LogP contribution in [0.5, 0.6) is 0 Å². The minimum Gasteiger partial charge on any atom is -0.465 e. The third-order valence-corrected chi connectivity index (χ3v) is 5.46. The fourth-order valence-electron chi connectivity index (χ4n) is 3.75. The van der Waals surface area contributed by atoms with Gasteiger partial charge in [0.25, 0.3) is 5.91 Å². The quantitative estimate of drug-likeness (QED) is 0.653. The fraction of sp³-hybridized carbons (Fsp3) is 0.375. The molecule has 8 nitrogen and oxygen atoms in total. The molecule has 0 saturated carbocycles. The maximum atomic E-state index is 12.5. The van der Waals surface area contributed by atoms with Gasteiger partial charge in [-0.15, -0.1) is 0 Å². The first kappa shape index (κ1) is 23.3. The summed E-state index contributed by atoms with van der Waals surface area (Å²) >= 11 is 0. The van der Waals surface area contributed by atoms with E-state index in [1.807, 2.05) is 0 Å². The Morgan fingerprint density at radius 2 is 1.62 bits per heavy atom. The second-order valence-corrected chi connectivity index (χ2v) is 7.52. The summed E-state index contributed by atoms with van der Waals surface area (Å²) in [6.45, 7) is 3.62. The predicted molar refractivity (Wildman–Crippen MR) is 121 cm³/mol. The molecule has 0 spiro atoms. The number of nitrogens with zero attached hydrogens (tertiary/aromatic N) is 2. The third kappa shape index (κ3) is 5.64. The minimum atomic E-state index is -0.680. The highest BCUT2D eigenvalue weighted by molar-refractivity contribution is 6.05. The number of carbonyl (C=O) groups excluding carboxylic acids is 3. The number of carbonyl (C=O) groups is 3. The summed E-state index contributed by atoms with van der Waals surface area (Å²) < 4.78 is 9.72. The van der Waals surface area contributed by atoms with Crippen molar-refractivity contribution in [2.75, 3.05) is 45.3 Å². The van der Waals surface area contributed by atoms with Crippen LogP contribution in [0.2, 0.25) is 0 Å². The molecule has 1 aromatic rings. The molecule has 2 heterocycles. The molecular weight excluding hydrogens is 410 g/mol. The van der Waals surface area contributed by atoms with Gasteiger partial charge in [-0.2, -0.15) is 0 Å². The molecule has 1 N–H and O–H groups in total. The van der Waals surface area contributed by atoms with Crippen LogP contribution in [0.4, 0.5) is 5.69 Å². The van der Waals surface area contributed by atoms with Crippen LogP contribution in [0.15, 0.2) is 60.0 Å². The molecule has 8 heteroatoms. The van der Waals surface area contributed by atoms with E-state index in [4.69, 9.17) is 9.47 Å². The molecule has 0 atom stereocenters. The van der Waals surface area contributed by atoms with E-state index in [1.54, 1.807) is 42.6 Å². The summed E-state index contributed by atoms with van der Waals surface area (Å²) in [7, 11) is 2.50. The Hall–Kier alpha value is -3.39. The van der Waals surface area contributed by atoms with Gasteiger partial charge in [-0.25, -0.2) is 9.59 Å². The number of esters is 2. The van der Waals surface area contributed by atoms with Gasteiger partial charge in [0.1, 0.15) is 5.70 Å². The van der Waals surface area contributed by atoms with Crippen LogP contribution in [-0.4, -0.2) is 63.1 Å². The molecule has 1 fully saturated rings. The number of nitrogens with one attached hydrogen (secondary N) is 1. The van der Waals surface area contributed by atoms with Gasteiger partial charge in [-0.1, -0.05) is 12.5 Å². The van der Waals surface area contributed by atoms with Gasteiger partial charge in [0, 0.05) is 30.5 Å². The highest BCUT2D eigenvalue weighted by Gasteiger charge is 2.27. The second kappa shape index (κ2) is 11.3. The number of methoxy groups -OCH3 is 2. The van der Waals surface area contributed by atoms with Gasteiger partial charge in [-0.3, -0.25) is 4.79 Å². The lowest BCUT2D eigenvalue weighted by molar-refractivity contribution is -0.139. The average Bonchev–Trinajstić information content (AvgIpc) is 3.07. The van der Waals surface area contributed by atoms with E-state index in [9.17, 15) is 14.4 Å². The summed E-state index contributed by atoms with van der Waals surface area (Å²) in [5, 5.41) is 2.96. The van der Waals surface area contributed by atoms with Gasteiger partial charge < -0.3 is 24.6 Å². The molecule has 170 valence electrons. The van der Waals surface area contributed by atoms with Crippen molar-refractivity contribution in [3.8, 4) is 0 Å². The number of amides is 1. The lowest BCUT2D eigenvalue weighted by atomic mass is 10.1. The van der Waals surface area contributed by atoms with Crippen LogP contribution in [0.3, 0.4) is 0 Å². The molecule has 1 saturated heterocycles. The number of anilines is 1. The highest BCUT2D eigenvalue weighted by Crippen LogP contribution is 2.26. The zero-order chi connectivity index (χ0) is 22.9. The molecule has 1 amide bonds. The predicted octanol–water partition coefficient (Wildman–Crippen LogP) is 2.39. The largest absolute Gasteiger partial charge is 0.465 e. The Balaban J connectivity index is 1.73. The monoisotopic (exact) mass is 439 g/mol. The Morgan fingerprint density at radius 3 is 2.28 bits per heavy atom. The molecule has 0 aliphatic carbocycles. The smallest absolute Gasteiger partial charge is 0.355 e. The molecule has 2 aliphatic rings. The topological polar surface area (TPSA) is 88.2 Å². The zero-order valence-corrected chi connectivity index (χ0v) is 18.5. The highest BCUT2D eigenvalue weighted by atomic mass is 16.5. The lowest BCUT2D eigenvalue weighted by Crippen LogP contribution is -2.37. The van der Waals surface area contributed by atoms with Gasteiger partial charge in [0.2, 0.25) is 0 Å². The van der Waals surface area contributed by atoms with Crippen LogP contribution in [0.25, 0.3) is 0 Å². The number of benzene rings is 1. The number of rotatable bonds is 7. The number of likely N-dealkylation sites (tertiary alicyclic amines) is 1. The molecule has 2 aliphatic heterocycles. The van der Waals surface area contributed by atoms with E-state index in [-0.39, 0.29) is 17.2 Å². The lowest BCUT2D eigenvalue weighted by Gasteiger charge is -2.26. The van der Waals surface area contributed by atoms with Crippen LogP contribution >= 0.6 is 0 Å². The third-order valence-electron chi connectivity index (χ3n) is 5.46. The number of hydrogen-bond acceptors (Lipinski definition) is 7. The molecule has 0 aromatic heterocycles. The number of ether oxygens (including phenoxy) is 2. The van der Waals surface area contributed by atoms with Crippen molar-refractivity contribution in [2.45, 2.75) is 19.3 Å². The summed E-state index contributed by atoms with van der Waals surface area (Å²) in [5.74, 6) is -1.48. The maximum Gasteiger partial charge on any atom is 0.355 e. The van der Waals surface area contributed by atoms with Crippen molar-refractivity contribution >= 4 is 23.5 Å². The SMILES string of the molecule is COC(=O)C1=C(C(=O)OC)N(c2ccc(C(=O)NCCN3CCCCC3)cc2)C=CC=C1. The normalized spacial score (nSPS) is 16.5. The van der Waals surface area contributed by atoms with Crippen molar-refractivity contribution < 1.29 is 23.9 Å². The fourth-order valence-corrected chi connectivity index (χ4v) is 3.75. The number of piperidine rings is 1. The molecule has 1 aromatic carbocycles. The molecule has 3 rings (SSSR count). The van der Waals surface area contributed by atoms with Crippen molar-refractivity contribution in [1.29, 1.82) is 0 Å². The van der Waals surface area contributed by atoms with Gasteiger partial charge in [0.05, 0.1) is 19.8 Å². The Bertz CT molecular complexity index is 927. The molecular formula is C24H29N3O5. The minimum absolute atomic E-state index is 0.0306. The van der Waals surface area contributed by atoms with Crippen molar-refractivity contribution in [3.63, 3.8) is 0 Å². The van der Waals surface area contributed by atoms with Crippen molar-refractivity contribution in [1.82, 2.24) is 10.2 Å². The summed E-state index contributed by atoms with van der Waals surface area (Å²) in [6.07, 6.45) is 10.2. The number of allylic oxidation sites excluding steroid dienone is 2. The first-order valence-electron chi connectivity index (χ1n) is 10.7. The van der Waals surface area contributed by atoms with Crippen molar-refractivity contribution in [3.05, 3.63) is 65.5 Å². The maximum absolute atomic E-state index is 12.5.